The summed E-state index contributed by atoms with van der Waals surface area (Å²) in [4.78, 5) is 12.9. The third-order valence-electron chi connectivity index (χ3n) is 3.07. The van der Waals surface area contributed by atoms with E-state index in [1.807, 2.05) is 18.2 Å². The zero-order chi connectivity index (χ0) is 14.9. The maximum absolute atomic E-state index is 5.85. The van der Waals surface area contributed by atoms with Crippen molar-refractivity contribution in [3.8, 4) is 5.88 Å². The third-order valence-corrected chi connectivity index (χ3v) is 3.07. The summed E-state index contributed by atoms with van der Waals surface area (Å²) in [6, 6.07) is 5.90. The van der Waals surface area contributed by atoms with E-state index in [4.69, 9.17) is 4.74 Å². The van der Waals surface area contributed by atoms with Gasteiger partial charge in [0.2, 0.25) is 5.88 Å². The second kappa shape index (κ2) is 8.19. The van der Waals surface area contributed by atoms with Crippen molar-refractivity contribution in [2.75, 3.05) is 18.5 Å². The lowest BCUT2D eigenvalue weighted by Crippen LogP contribution is -2.10. The summed E-state index contributed by atoms with van der Waals surface area (Å²) in [5.74, 6) is 1.56. The summed E-state index contributed by atoms with van der Waals surface area (Å²) in [6.07, 6.45) is 6.05. The predicted octanol–water partition coefficient (Wildman–Crippen LogP) is 2.88. The highest BCUT2D eigenvalue weighted by atomic mass is 16.5. The number of rotatable bonds is 8. The van der Waals surface area contributed by atoms with Gasteiger partial charge >= 0.3 is 0 Å². The molecule has 2 aromatic rings. The summed E-state index contributed by atoms with van der Waals surface area (Å²) < 4.78 is 5.85. The summed E-state index contributed by atoms with van der Waals surface area (Å²) in [5, 5.41) is 3.27. The molecule has 0 atom stereocenters. The second-order valence-electron chi connectivity index (χ2n) is 4.71. The lowest BCUT2D eigenvalue weighted by atomic mass is 10.1. The Bertz CT molecular complexity index is 545. The molecule has 2 aromatic heterocycles. The topological polar surface area (TPSA) is 59.9 Å². The number of pyridine rings is 1. The van der Waals surface area contributed by atoms with E-state index < -0.39 is 0 Å². The Labute approximate surface area is 125 Å². The van der Waals surface area contributed by atoms with Crippen LogP contribution in [0, 0.1) is 0 Å². The van der Waals surface area contributed by atoms with Crippen LogP contribution in [-0.4, -0.2) is 28.1 Å². The normalized spacial score (nSPS) is 10.4. The summed E-state index contributed by atoms with van der Waals surface area (Å²) in [7, 11) is 0. The Morgan fingerprint density at radius 3 is 2.71 bits per heavy atom. The maximum atomic E-state index is 5.85. The van der Waals surface area contributed by atoms with Gasteiger partial charge in [-0.15, -0.1) is 0 Å². The van der Waals surface area contributed by atoms with E-state index in [-0.39, 0.29) is 0 Å². The van der Waals surface area contributed by atoms with Crippen molar-refractivity contribution in [1.29, 1.82) is 0 Å². The van der Waals surface area contributed by atoms with Crippen LogP contribution in [0.3, 0.4) is 0 Å². The van der Waals surface area contributed by atoms with Crippen LogP contribution < -0.4 is 10.1 Å². The SMILES string of the molecule is CCCc1c(NCC)ncnc1OCCc1ccccn1. The van der Waals surface area contributed by atoms with Crippen molar-refractivity contribution in [2.45, 2.75) is 33.1 Å². The highest BCUT2D eigenvalue weighted by Gasteiger charge is 2.11. The number of anilines is 1. The van der Waals surface area contributed by atoms with Gasteiger partial charge < -0.3 is 10.1 Å². The molecule has 0 fully saturated rings. The van der Waals surface area contributed by atoms with E-state index >= 15 is 0 Å². The zero-order valence-corrected chi connectivity index (χ0v) is 12.7. The number of nitrogens with zero attached hydrogens (tertiary/aromatic N) is 3. The smallest absolute Gasteiger partial charge is 0.221 e. The van der Waals surface area contributed by atoms with E-state index in [1.165, 1.54) is 0 Å². The molecule has 0 radical (unpaired) electrons. The summed E-state index contributed by atoms with van der Waals surface area (Å²) in [5.41, 5.74) is 2.08. The van der Waals surface area contributed by atoms with Gasteiger partial charge in [0.05, 0.1) is 12.2 Å². The largest absolute Gasteiger partial charge is 0.477 e. The van der Waals surface area contributed by atoms with E-state index in [1.54, 1.807) is 12.5 Å². The molecule has 2 heterocycles. The van der Waals surface area contributed by atoms with Crippen LogP contribution in [0.2, 0.25) is 0 Å². The van der Waals surface area contributed by atoms with Crippen LogP contribution in [0.5, 0.6) is 5.88 Å². The molecule has 1 N–H and O–H groups in total. The molecule has 0 aromatic carbocycles. The number of aromatic nitrogens is 3. The van der Waals surface area contributed by atoms with Crippen molar-refractivity contribution in [3.05, 3.63) is 42.0 Å². The molecule has 0 aliphatic heterocycles. The van der Waals surface area contributed by atoms with Crippen LogP contribution in [-0.2, 0) is 12.8 Å². The fourth-order valence-corrected chi connectivity index (χ4v) is 2.11. The highest BCUT2D eigenvalue weighted by Crippen LogP contribution is 2.23. The van der Waals surface area contributed by atoms with Crippen LogP contribution >= 0.6 is 0 Å². The average molecular weight is 286 g/mol. The molecule has 2 rings (SSSR count). The molecule has 0 aliphatic rings. The standard InChI is InChI=1S/C16H22N4O/c1-3-7-14-15(17-4-2)19-12-20-16(14)21-11-9-13-8-5-6-10-18-13/h5-6,8,10,12H,3-4,7,9,11H2,1-2H3,(H,17,19,20). The Morgan fingerprint density at radius 2 is 2.00 bits per heavy atom. The molecule has 112 valence electrons. The molecule has 5 heteroatoms. The van der Waals surface area contributed by atoms with Gasteiger partial charge in [-0.25, -0.2) is 9.97 Å². The molecular weight excluding hydrogens is 264 g/mol. The summed E-state index contributed by atoms with van der Waals surface area (Å²) in [6.45, 7) is 5.59. The first-order valence-electron chi connectivity index (χ1n) is 7.45. The second-order valence-corrected chi connectivity index (χ2v) is 4.71. The Balaban J connectivity index is 2.03. The fraction of sp³-hybridized carbons (Fsp3) is 0.438. The highest BCUT2D eigenvalue weighted by molar-refractivity contribution is 5.48. The quantitative estimate of drug-likeness (QED) is 0.808. The van der Waals surface area contributed by atoms with Crippen LogP contribution in [0.15, 0.2) is 30.7 Å². The monoisotopic (exact) mass is 286 g/mol. The number of hydrogen-bond donors (Lipinski definition) is 1. The van der Waals surface area contributed by atoms with Crippen molar-refractivity contribution in [1.82, 2.24) is 15.0 Å². The van der Waals surface area contributed by atoms with Crippen LogP contribution in [0.1, 0.15) is 31.5 Å². The van der Waals surface area contributed by atoms with E-state index in [0.717, 1.165) is 42.9 Å². The molecule has 5 nitrogen and oxygen atoms in total. The van der Waals surface area contributed by atoms with E-state index in [0.29, 0.717) is 12.5 Å². The fourth-order valence-electron chi connectivity index (χ4n) is 2.11. The van der Waals surface area contributed by atoms with Crippen molar-refractivity contribution in [2.24, 2.45) is 0 Å². The van der Waals surface area contributed by atoms with Gasteiger partial charge in [-0.1, -0.05) is 19.4 Å². The predicted molar refractivity (Wildman–Crippen MR) is 83.6 cm³/mol. The lowest BCUT2D eigenvalue weighted by molar-refractivity contribution is 0.304. The van der Waals surface area contributed by atoms with Gasteiger partial charge in [-0.3, -0.25) is 4.98 Å². The number of hydrogen-bond acceptors (Lipinski definition) is 5. The van der Waals surface area contributed by atoms with Crippen molar-refractivity contribution < 1.29 is 4.74 Å². The van der Waals surface area contributed by atoms with E-state index in [9.17, 15) is 0 Å². The van der Waals surface area contributed by atoms with Gasteiger partial charge in [0, 0.05) is 24.9 Å². The van der Waals surface area contributed by atoms with Crippen LogP contribution in [0.25, 0.3) is 0 Å². The van der Waals surface area contributed by atoms with Gasteiger partial charge in [-0.05, 0) is 25.5 Å². The maximum Gasteiger partial charge on any atom is 0.221 e. The molecule has 0 saturated carbocycles. The molecule has 0 bridgehead atoms. The minimum absolute atomic E-state index is 0.566. The number of nitrogens with one attached hydrogen (secondary N) is 1. The van der Waals surface area contributed by atoms with Gasteiger partial charge in [-0.2, -0.15) is 0 Å². The minimum Gasteiger partial charge on any atom is -0.477 e. The first-order chi connectivity index (χ1) is 10.3. The van der Waals surface area contributed by atoms with Gasteiger partial charge in [0.1, 0.15) is 12.1 Å². The van der Waals surface area contributed by atoms with Gasteiger partial charge in [0.15, 0.2) is 0 Å². The molecule has 0 aliphatic carbocycles. The molecular formula is C16H22N4O. The number of ether oxygens (including phenoxy) is 1. The van der Waals surface area contributed by atoms with Crippen molar-refractivity contribution >= 4 is 5.82 Å². The lowest BCUT2D eigenvalue weighted by Gasteiger charge is -2.13. The minimum atomic E-state index is 0.566. The molecule has 0 saturated heterocycles. The van der Waals surface area contributed by atoms with Crippen molar-refractivity contribution in [3.63, 3.8) is 0 Å². The van der Waals surface area contributed by atoms with E-state index in [2.05, 4.69) is 34.1 Å². The average Bonchev–Trinajstić information content (AvgIpc) is 2.51. The first-order valence-corrected chi connectivity index (χ1v) is 7.45. The zero-order valence-electron chi connectivity index (χ0n) is 12.7. The molecule has 0 unspecified atom stereocenters. The summed E-state index contributed by atoms with van der Waals surface area (Å²) >= 11 is 0. The molecule has 21 heavy (non-hydrogen) atoms. The molecule has 0 amide bonds. The van der Waals surface area contributed by atoms with Crippen LogP contribution in [0.4, 0.5) is 5.82 Å². The Hall–Kier alpha value is -2.17. The molecule has 0 spiro atoms. The Morgan fingerprint density at radius 1 is 1.10 bits per heavy atom. The third kappa shape index (κ3) is 4.41. The Kier molecular flexibility index (Phi) is 5.94. The van der Waals surface area contributed by atoms with Gasteiger partial charge in [0.25, 0.3) is 0 Å². The first kappa shape index (κ1) is 15.2.